The number of aryl methyl sites for hydroxylation is 1. The minimum absolute atomic E-state index is 0.129. The number of fused-ring (bicyclic) bond motifs is 1. The number of allylic oxidation sites excluding steroid dienone is 3. The number of rotatable bonds is 11. The monoisotopic (exact) mass is 723 g/mol. The van der Waals surface area contributed by atoms with Gasteiger partial charge in [0.15, 0.2) is 5.78 Å². The maximum Gasteiger partial charge on any atom is 0.256 e. The third-order valence-electron chi connectivity index (χ3n) is 8.49. The summed E-state index contributed by atoms with van der Waals surface area (Å²) in [6.45, 7) is 1.44. The van der Waals surface area contributed by atoms with Crippen LogP contribution in [-0.2, 0) is 26.2 Å². The van der Waals surface area contributed by atoms with Crippen LogP contribution in [0.3, 0.4) is 0 Å². The van der Waals surface area contributed by atoms with Crippen LogP contribution in [0.2, 0.25) is 0 Å². The van der Waals surface area contributed by atoms with Crippen LogP contribution in [0.25, 0.3) is 39.1 Å². The first-order chi connectivity index (χ1) is 26.3. The van der Waals surface area contributed by atoms with Crippen LogP contribution in [0.1, 0.15) is 31.7 Å². The van der Waals surface area contributed by atoms with Crippen molar-refractivity contribution in [2.24, 2.45) is 7.05 Å². The lowest BCUT2D eigenvalue weighted by Crippen LogP contribution is -2.21. The smallest absolute Gasteiger partial charge is 0.256 e. The van der Waals surface area contributed by atoms with Crippen LogP contribution >= 0.6 is 0 Å². The van der Waals surface area contributed by atoms with E-state index in [1.54, 1.807) is 53.4 Å². The maximum atomic E-state index is 13.7. The molecule has 0 bridgehead atoms. The van der Waals surface area contributed by atoms with Crippen LogP contribution < -0.4 is 20.7 Å². The molecule has 3 heterocycles. The number of nitrogens with one attached hydrogen (secondary N) is 3. The average molecular weight is 724 g/mol. The van der Waals surface area contributed by atoms with Crippen LogP contribution in [-0.4, -0.2) is 51.2 Å². The van der Waals surface area contributed by atoms with Crippen molar-refractivity contribution in [2.45, 2.75) is 26.2 Å². The van der Waals surface area contributed by atoms with E-state index < -0.39 is 5.91 Å². The van der Waals surface area contributed by atoms with Crippen LogP contribution in [0.15, 0.2) is 119 Å². The maximum absolute atomic E-state index is 13.7. The zero-order valence-electron chi connectivity index (χ0n) is 29.8. The van der Waals surface area contributed by atoms with E-state index in [0.717, 1.165) is 28.7 Å². The van der Waals surface area contributed by atoms with E-state index in [-0.39, 0.29) is 11.4 Å². The molecule has 272 valence electrons. The molecule has 3 aromatic carbocycles. The number of aldehydes is 1. The van der Waals surface area contributed by atoms with Crippen molar-refractivity contribution in [3.05, 3.63) is 120 Å². The van der Waals surface area contributed by atoms with Gasteiger partial charge in [0.25, 0.3) is 5.91 Å². The largest absolute Gasteiger partial charge is 0.438 e. The number of Topliss-reactive ketones (excluding diaryl/α,β-unsaturated/α-hetero) is 1. The highest BCUT2D eigenvalue weighted by molar-refractivity contribution is 6.26. The van der Waals surface area contributed by atoms with Gasteiger partial charge >= 0.3 is 0 Å². The number of amides is 2. The predicted molar refractivity (Wildman–Crippen MR) is 205 cm³/mol. The van der Waals surface area contributed by atoms with Gasteiger partial charge in [-0.05, 0) is 73.4 Å². The SMILES string of the molecule is CC=O.CNc1cccc(-c2c(-c3cnn(C)c3)oc3ncnc(Oc4ccc(NC(=O)/C(=C/C5=C(NC=O)CCCC5=O)c5ccccc5)cc4)c23)c1. The number of hydrogen-bond acceptors (Lipinski definition) is 10. The first kappa shape index (κ1) is 36.6. The van der Waals surface area contributed by atoms with Gasteiger partial charge < -0.3 is 29.9 Å². The number of carbonyl (C=O) groups excluding carboxylic acids is 4. The molecule has 0 spiro atoms. The van der Waals surface area contributed by atoms with Gasteiger partial charge in [0, 0.05) is 60.5 Å². The number of furan rings is 1. The number of hydrogen-bond donors (Lipinski definition) is 3. The van der Waals surface area contributed by atoms with Gasteiger partial charge in [-0.25, -0.2) is 9.97 Å². The van der Waals surface area contributed by atoms with Crippen molar-refractivity contribution in [3.8, 4) is 34.1 Å². The quantitative estimate of drug-likeness (QED) is 0.0925. The van der Waals surface area contributed by atoms with E-state index >= 15 is 0 Å². The highest BCUT2D eigenvalue weighted by Gasteiger charge is 2.25. The molecule has 0 radical (unpaired) electrons. The Morgan fingerprint density at radius 1 is 0.944 bits per heavy atom. The minimum atomic E-state index is -0.418. The Bertz CT molecular complexity index is 2380. The van der Waals surface area contributed by atoms with Crippen LogP contribution in [0.5, 0.6) is 11.6 Å². The molecule has 0 saturated heterocycles. The lowest BCUT2D eigenvalue weighted by atomic mass is 9.91. The number of nitrogens with zero attached hydrogens (tertiary/aromatic N) is 4. The molecule has 54 heavy (non-hydrogen) atoms. The topological polar surface area (TPSA) is 170 Å². The van der Waals surface area contributed by atoms with E-state index in [9.17, 15) is 14.4 Å². The fourth-order valence-corrected chi connectivity index (χ4v) is 6.04. The Labute approximate surface area is 310 Å². The summed E-state index contributed by atoms with van der Waals surface area (Å²) >= 11 is 0. The fraction of sp³-hybridized carbons (Fsp3) is 0.146. The van der Waals surface area contributed by atoms with Gasteiger partial charge in [-0.1, -0.05) is 42.5 Å². The van der Waals surface area contributed by atoms with E-state index in [1.807, 2.05) is 62.8 Å². The van der Waals surface area contributed by atoms with Gasteiger partial charge in [0.2, 0.25) is 18.0 Å². The molecule has 3 aromatic heterocycles. The number of benzene rings is 3. The van der Waals surface area contributed by atoms with E-state index in [1.165, 1.54) is 13.3 Å². The van der Waals surface area contributed by atoms with Crippen molar-refractivity contribution in [3.63, 3.8) is 0 Å². The van der Waals surface area contributed by atoms with Crippen molar-refractivity contribution < 1.29 is 28.3 Å². The molecule has 7 rings (SSSR count). The predicted octanol–water partition coefficient (Wildman–Crippen LogP) is 7.10. The first-order valence-corrected chi connectivity index (χ1v) is 17.1. The molecule has 6 aromatic rings. The zero-order chi connectivity index (χ0) is 38.0. The van der Waals surface area contributed by atoms with Crippen molar-refractivity contribution in [1.82, 2.24) is 25.1 Å². The third kappa shape index (κ3) is 8.15. The minimum Gasteiger partial charge on any atom is -0.438 e. The second-order valence-corrected chi connectivity index (χ2v) is 12.1. The number of aromatic nitrogens is 4. The van der Waals surface area contributed by atoms with E-state index in [2.05, 4.69) is 31.0 Å². The molecule has 0 unspecified atom stereocenters. The zero-order valence-corrected chi connectivity index (χ0v) is 29.8. The van der Waals surface area contributed by atoms with Crippen LogP contribution in [0, 0.1) is 0 Å². The molecular weight excluding hydrogens is 686 g/mol. The van der Waals surface area contributed by atoms with E-state index in [0.29, 0.717) is 76.7 Å². The van der Waals surface area contributed by atoms with Crippen LogP contribution in [0.4, 0.5) is 11.4 Å². The summed E-state index contributed by atoms with van der Waals surface area (Å²) in [5.74, 6) is 0.791. The van der Waals surface area contributed by atoms with Gasteiger partial charge in [-0.3, -0.25) is 19.1 Å². The fourth-order valence-electron chi connectivity index (χ4n) is 6.04. The summed E-state index contributed by atoms with van der Waals surface area (Å²) in [7, 11) is 3.70. The molecule has 0 fully saturated rings. The number of ketones is 1. The van der Waals surface area contributed by atoms with Gasteiger partial charge in [0.1, 0.15) is 29.5 Å². The Kier molecular flexibility index (Phi) is 11.5. The molecular formula is C41H37N7O6. The summed E-state index contributed by atoms with van der Waals surface area (Å²) in [5.41, 5.74) is 5.92. The molecule has 2 amide bonds. The summed E-state index contributed by atoms with van der Waals surface area (Å²) in [6, 6.07) is 23.9. The Hall–Kier alpha value is -7.15. The van der Waals surface area contributed by atoms with Gasteiger partial charge in [-0.2, -0.15) is 5.10 Å². The first-order valence-electron chi connectivity index (χ1n) is 17.1. The van der Waals surface area contributed by atoms with Gasteiger partial charge in [-0.15, -0.1) is 0 Å². The Morgan fingerprint density at radius 3 is 2.43 bits per heavy atom. The summed E-state index contributed by atoms with van der Waals surface area (Å²) in [5, 5.41) is 13.7. The summed E-state index contributed by atoms with van der Waals surface area (Å²) in [6.07, 6.45) is 9.35. The number of anilines is 2. The van der Waals surface area contributed by atoms with Crippen molar-refractivity contribution in [2.75, 3.05) is 17.7 Å². The Morgan fingerprint density at radius 2 is 1.72 bits per heavy atom. The molecule has 1 aliphatic rings. The number of carbonyl (C=O) groups is 4. The molecule has 0 aliphatic heterocycles. The lowest BCUT2D eigenvalue weighted by Gasteiger charge is -2.18. The average Bonchev–Trinajstić information content (AvgIpc) is 3.80. The standard InChI is InChI=1S/C39H33N7O5.C2H4O/c1-40-28-11-6-10-25(18-28)34-35-38(41-22-42-39(35)51-36(34)26-20-44-46(2)21-26)50-29-16-14-27(15-17-29)45-37(49)30(24-8-4-3-5-9-24)19-31-32(43-23-47)12-7-13-33(31)48;1-2-3/h3-6,8-11,14-23,40H,7,12-13H2,1-2H3,(H,43,47)(H,45,49);2H,1H3/b30-19+;. The lowest BCUT2D eigenvalue weighted by molar-refractivity contribution is -0.115. The second kappa shape index (κ2) is 16.9. The number of ether oxygens (including phenoxy) is 1. The van der Waals surface area contributed by atoms with Crippen molar-refractivity contribution in [1.29, 1.82) is 0 Å². The summed E-state index contributed by atoms with van der Waals surface area (Å²) in [4.78, 5) is 55.6. The second-order valence-electron chi connectivity index (χ2n) is 12.1. The highest BCUT2D eigenvalue weighted by Crippen LogP contribution is 2.44. The molecule has 0 saturated carbocycles. The van der Waals surface area contributed by atoms with Crippen molar-refractivity contribution >= 4 is 52.4 Å². The normalized spacial score (nSPS) is 12.8. The Balaban J connectivity index is 0.00000160. The molecule has 0 atom stereocenters. The van der Waals surface area contributed by atoms with Gasteiger partial charge in [0.05, 0.1) is 11.8 Å². The van der Waals surface area contributed by atoms with E-state index in [4.69, 9.17) is 13.9 Å². The molecule has 13 heteroatoms. The molecule has 3 N–H and O–H groups in total. The summed E-state index contributed by atoms with van der Waals surface area (Å²) < 4.78 is 14.3. The molecule has 1 aliphatic carbocycles. The third-order valence-corrected chi connectivity index (χ3v) is 8.49. The highest BCUT2D eigenvalue weighted by atomic mass is 16.5. The molecule has 13 nitrogen and oxygen atoms in total.